The van der Waals surface area contributed by atoms with Gasteiger partial charge in [0.1, 0.15) is 0 Å². The molecule has 0 radical (unpaired) electrons. The maximum atomic E-state index is 2.34. The highest BCUT2D eigenvalue weighted by Gasteiger charge is 2.28. The second-order valence-corrected chi connectivity index (χ2v) is 8.98. The smallest absolute Gasteiger partial charge is 0.0137 e. The molecule has 0 bridgehead atoms. The van der Waals surface area contributed by atoms with Crippen molar-refractivity contribution in [3.8, 4) is 0 Å². The zero-order valence-corrected chi connectivity index (χ0v) is 14.5. The standard InChI is InChI=1S/C17H30S/c1-11(2)10-13-12(3)14(16(4,5)6)18-15(13)17(7,8)9/h11H,10H2,1-9H3. The van der Waals surface area contributed by atoms with Gasteiger partial charge in [0.15, 0.2) is 0 Å². The fraction of sp³-hybridized carbons (Fsp3) is 0.765. The van der Waals surface area contributed by atoms with Crippen LogP contribution in [0.15, 0.2) is 0 Å². The first-order valence-corrected chi connectivity index (χ1v) is 7.89. The van der Waals surface area contributed by atoms with Crippen LogP contribution in [-0.4, -0.2) is 0 Å². The predicted molar refractivity (Wildman–Crippen MR) is 85.0 cm³/mol. The first-order valence-electron chi connectivity index (χ1n) is 7.07. The molecule has 18 heavy (non-hydrogen) atoms. The molecule has 1 aromatic rings. The van der Waals surface area contributed by atoms with Crippen molar-refractivity contribution in [2.45, 2.75) is 79.6 Å². The second-order valence-electron chi connectivity index (χ2n) is 7.96. The van der Waals surface area contributed by atoms with Gasteiger partial charge in [0.25, 0.3) is 0 Å². The summed E-state index contributed by atoms with van der Waals surface area (Å²) in [5, 5.41) is 0. The van der Waals surface area contributed by atoms with Crippen LogP contribution in [0.25, 0.3) is 0 Å². The van der Waals surface area contributed by atoms with Gasteiger partial charge in [-0.15, -0.1) is 11.3 Å². The molecule has 1 rings (SSSR count). The first-order chi connectivity index (χ1) is 7.94. The van der Waals surface area contributed by atoms with Crippen molar-refractivity contribution in [1.82, 2.24) is 0 Å². The van der Waals surface area contributed by atoms with Gasteiger partial charge >= 0.3 is 0 Å². The topological polar surface area (TPSA) is 0 Å². The number of hydrogen-bond donors (Lipinski definition) is 0. The fourth-order valence-corrected chi connectivity index (χ4v) is 3.98. The molecule has 0 aliphatic heterocycles. The number of hydrogen-bond acceptors (Lipinski definition) is 1. The number of rotatable bonds is 2. The summed E-state index contributed by atoms with van der Waals surface area (Å²) >= 11 is 2.04. The molecule has 0 aromatic carbocycles. The van der Waals surface area contributed by atoms with Crippen LogP contribution in [0, 0.1) is 12.8 Å². The van der Waals surface area contributed by atoms with E-state index in [1.54, 1.807) is 20.9 Å². The lowest BCUT2D eigenvalue weighted by atomic mass is 9.84. The second kappa shape index (κ2) is 5.00. The molecule has 0 aliphatic carbocycles. The van der Waals surface area contributed by atoms with Crippen LogP contribution in [0.3, 0.4) is 0 Å². The molecule has 0 amide bonds. The van der Waals surface area contributed by atoms with E-state index in [4.69, 9.17) is 0 Å². The van der Waals surface area contributed by atoms with Gasteiger partial charge in [-0.25, -0.2) is 0 Å². The molecule has 1 heterocycles. The van der Waals surface area contributed by atoms with Crippen LogP contribution >= 0.6 is 11.3 Å². The first kappa shape index (κ1) is 15.8. The molecule has 104 valence electrons. The van der Waals surface area contributed by atoms with Crippen molar-refractivity contribution in [2.24, 2.45) is 5.92 Å². The molecule has 0 fully saturated rings. The zero-order valence-electron chi connectivity index (χ0n) is 13.7. The summed E-state index contributed by atoms with van der Waals surface area (Å²) in [7, 11) is 0. The Hall–Kier alpha value is -0.300. The highest BCUT2D eigenvalue weighted by Crippen LogP contribution is 2.42. The Kier molecular flexibility index (Phi) is 4.37. The highest BCUT2D eigenvalue weighted by atomic mass is 32.1. The van der Waals surface area contributed by atoms with Gasteiger partial charge in [-0.05, 0) is 41.2 Å². The molecule has 1 heteroatoms. The van der Waals surface area contributed by atoms with E-state index in [-0.39, 0.29) is 10.8 Å². The summed E-state index contributed by atoms with van der Waals surface area (Å²) in [6.45, 7) is 21.0. The van der Waals surface area contributed by atoms with E-state index in [1.165, 1.54) is 6.42 Å². The largest absolute Gasteiger partial charge is 0.144 e. The SMILES string of the molecule is Cc1c(C(C)(C)C)sc(C(C)(C)C)c1CC(C)C. The van der Waals surface area contributed by atoms with E-state index in [1.807, 2.05) is 11.3 Å². The molecule has 0 saturated heterocycles. The maximum Gasteiger partial charge on any atom is 0.0137 e. The molecule has 0 saturated carbocycles. The Bertz CT molecular complexity index is 408. The van der Waals surface area contributed by atoms with Crippen molar-refractivity contribution in [3.63, 3.8) is 0 Å². The van der Waals surface area contributed by atoms with E-state index in [0.717, 1.165) is 5.92 Å². The Morgan fingerprint density at radius 3 is 1.67 bits per heavy atom. The minimum atomic E-state index is 0.267. The van der Waals surface area contributed by atoms with Crippen molar-refractivity contribution >= 4 is 11.3 Å². The minimum absolute atomic E-state index is 0.267. The summed E-state index contributed by atoms with van der Waals surface area (Å²) < 4.78 is 0. The van der Waals surface area contributed by atoms with Gasteiger partial charge in [-0.1, -0.05) is 55.4 Å². The van der Waals surface area contributed by atoms with Gasteiger partial charge in [-0.2, -0.15) is 0 Å². The summed E-state index contributed by atoms with van der Waals surface area (Å²) in [4.78, 5) is 3.17. The van der Waals surface area contributed by atoms with Crippen LogP contribution < -0.4 is 0 Å². The Balaban J connectivity index is 3.42. The molecular weight excluding hydrogens is 236 g/mol. The van der Waals surface area contributed by atoms with Gasteiger partial charge in [0.2, 0.25) is 0 Å². The third kappa shape index (κ3) is 3.38. The average molecular weight is 266 g/mol. The lowest BCUT2D eigenvalue weighted by molar-refractivity contribution is 0.577. The van der Waals surface area contributed by atoms with Crippen molar-refractivity contribution < 1.29 is 0 Å². The normalized spacial score (nSPS) is 13.4. The zero-order chi connectivity index (χ0) is 14.3. The van der Waals surface area contributed by atoms with Gasteiger partial charge in [0, 0.05) is 9.75 Å². The van der Waals surface area contributed by atoms with E-state index in [9.17, 15) is 0 Å². The maximum absolute atomic E-state index is 2.34. The molecule has 1 aromatic heterocycles. The van der Waals surface area contributed by atoms with Gasteiger partial charge < -0.3 is 0 Å². The summed E-state index contributed by atoms with van der Waals surface area (Å²) in [6.07, 6.45) is 1.21. The van der Waals surface area contributed by atoms with Crippen LogP contribution in [-0.2, 0) is 17.3 Å². The fourth-order valence-electron chi connectivity index (χ4n) is 2.52. The molecule has 0 atom stereocenters. The van der Waals surface area contributed by atoms with Crippen molar-refractivity contribution in [2.75, 3.05) is 0 Å². The third-order valence-electron chi connectivity index (χ3n) is 3.25. The van der Waals surface area contributed by atoms with E-state index in [0.29, 0.717) is 0 Å². The molecule has 0 nitrogen and oxygen atoms in total. The molecule has 0 unspecified atom stereocenters. The lowest BCUT2D eigenvalue weighted by Gasteiger charge is -2.20. The van der Waals surface area contributed by atoms with Gasteiger partial charge in [-0.3, -0.25) is 0 Å². The monoisotopic (exact) mass is 266 g/mol. The Morgan fingerprint density at radius 2 is 1.33 bits per heavy atom. The molecule has 0 spiro atoms. The van der Waals surface area contributed by atoms with Crippen molar-refractivity contribution in [1.29, 1.82) is 0 Å². The predicted octanol–water partition coefficient (Wildman–Crippen LogP) is 5.85. The molecular formula is C17H30S. The quantitative estimate of drug-likeness (QED) is 0.630. The Morgan fingerprint density at radius 1 is 0.889 bits per heavy atom. The van der Waals surface area contributed by atoms with Crippen LogP contribution in [0.5, 0.6) is 0 Å². The summed E-state index contributed by atoms with van der Waals surface area (Å²) in [5.41, 5.74) is 3.70. The van der Waals surface area contributed by atoms with Crippen molar-refractivity contribution in [3.05, 3.63) is 20.9 Å². The van der Waals surface area contributed by atoms with Crippen LogP contribution in [0.2, 0.25) is 0 Å². The highest BCUT2D eigenvalue weighted by molar-refractivity contribution is 7.12. The average Bonchev–Trinajstić information content (AvgIpc) is 2.41. The molecule has 0 aliphatic rings. The van der Waals surface area contributed by atoms with E-state index in [2.05, 4.69) is 62.3 Å². The Labute approximate surface area is 118 Å². The van der Waals surface area contributed by atoms with Crippen LogP contribution in [0.1, 0.15) is 76.3 Å². The van der Waals surface area contributed by atoms with E-state index < -0.39 is 0 Å². The molecule has 0 N–H and O–H groups in total. The third-order valence-corrected chi connectivity index (χ3v) is 5.43. The summed E-state index contributed by atoms with van der Waals surface area (Å²) in [5.74, 6) is 0.729. The number of thiophene rings is 1. The minimum Gasteiger partial charge on any atom is -0.144 e. The van der Waals surface area contributed by atoms with Gasteiger partial charge in [0.05, 0.1) is 0 Å². The van der Waals surface area contributed by atoms with Crippen LogP contribution in [0.4, 0.5) is 0 Å². The lowest BCUT2D eigenvalue weighted by Crippen LogP contribution is -2.13. The van der Waals surface area contributed by atoms with E-state index >= 15 is 0 Å². The summed E-state index contributed by atoms with van der Waals surface area (Å²) in [6, 6.07) is 0.